The molecule has 17 nitrogen and oxygen atoms in total. The number of benzene rings is 2. The first-order chi connectivity index (χ1) is 29.3. The van der Waals surface area contributed by atoms with Crippen molar-refractivity contribution in [1.82, 2.24) is 24.3 Å². The second-order valence-corrected chi connectivity index (χ2v) is 15.7. The molecule has 0 fully saturated rings. The zero-order chi connectivity index (χ0) is 48.6. The van der Waals surface area contributed by atoms with Gasteiger partial charge in [0.1, 0.15) is 17.2 Å². The van der Waals surface area contributed by atoms with Crippen molar-refractivity contribution in [2.75, 3.05) is 29.3 Å². The molecular weight excluding hydrogens is 894 g/mol. The van der Waals surface area contributed by atoms with Gasteiger partial charge in [0.2, 0.25) is 0 Å². The summed E-state index contributed by atoms with van der Waals surface area (Å²) in [4.78, 5) is 17.9. The van der Waals surface area contributed by atoms with Gasteiger partial charge in [0.05, 0.1) is 18.7 Å². The minimum atomic E-state index is -4.19. The molecule has 0 spiro atoms. The third-order valence-electron chi connectivity index (χ3n) is 7.95. The summed E-state index contributed by atoms with van der Waals surface area (Å²) in [5.74, 6) is 6.71. The molecule has 6 aromatic rings. The summed E-state index contributed by atoms with van der Waals surface area (Å²) in [6.45, 7) is 19.5. The van der Waals surface area contributed by atoms with Crippen molar-refractivity contribution < 1.29 is 35.1 Å². The maximum absolute atomic E-state index is 10.6. The molecule has 0 saturated heterocycles. The molecule has 0 aliphatic carbocycles. The molecule has 4 aromatic heterocycles. The van der Waals surface area contributed by atoms with E-state index in [2.05, 4.69) is 63.5 Å². The van der Waals surface area contributed by atoms with Gasteiger partial charge in [-0.2, -0.15) is 8.42 Å². The molecule has 63 heavy (non-hydrogen) atoms. The average Bonchev–Trinajstić information content (AvgIpc) is 3.63. The van der Waals surface area contributed by atoms with Crippen molar-refractivity contribution >= 4 is 67.2 Å². The predicted molar refractivity (Wildman–Crippen MR) is 249 cm³/mol. The Hall–Kier alpha value is -5.86. The van der Waals surface area contributed by atoms with Crippen LogP contribution in [0.1, 0.15) is 61.6 Å². The number of nitrogens with one attached hydrogen (secondary N) is 2. The lowest BCUT2D eigenvalue weighted by atomic mass is 10.1. The van der Waals surface area contributed by atoms with Crippen LogP contribution in [-0.2, 0) is 36.3 Å². The number of aryl methyl sites for hydroxylation is 10. The molecule has 0 radical (unpaired) electrons. The lowest BCUT2D eigenvalue weighted by molar-refractivity contribution is -0.137. The molecule has 4 heterocycles. The number of carbonyl (C=O) groups is 1. The Morgan fingerprint density at radius 3 is 1.67 bits per heavy atom. The highest BCUT2D eigenvalue weighted by Crippen LogP contribution is 2.22. The Labute approximate surface area is 380 Å². The van der Waals surface area contributed by atoms with E-state index in [9.17, 15) is 13.2 Å². The van der Waals surface area contributed by atoms with Crippen molar-refractivity contribution in [1.29, 1.82) is 5.41 Å². The standard InChI is InChI=1S/C9H13NO3S.C9H12.C8H8ClN3.C7H11N3.C6H8N2.C3H5ClO2.O3S/c1-6-4-7(2)9(8(3)5-6)10-14(11,12)13;1-7-4-8(2)6-9(3)5-7;1-6-3-2-4-12-8(6)10-7(5-9)11-12;1-5-3-4-6(2)10(9)7(5)8;1-5-3-2-4-8-6(5)7;1-6-3(5)2-4;1-4(2)3/h4-5,10H,1-3H3,(H,11,12,13);4-6H,1-3H3;2-4H,5H2,1H3;3-4,8H,9H2,1-2H3;2-4H,1H3,(H2,7,8);2H2,1H3;. The Bertz CT molecular complexity index is 2590. The second kappa shape index (κ2) is 28.7. The van der Waals surface area contributed by atoms with Crippen molar-refractivity contribution in [3.05, 3.63) is 146 Å². The molecule has 6 rings (SSSR count). The van der Waals surface area contributed by atoms with Crippen LogP contribution in [-0.4, -0.2) is 68.8 Å². The number of fused-ring (bicyclic) bond motifs is 1. The van der Waals surface area contributed by atoms with E-state index in [4.69, 9.17) is 57.4 Å². The number of hydrogen-bond donors (Lipinski definition) is 5. The molecule has 7 N–H and O–H groups in total. The summed E-state index contributed by atoms with van der Waals surface area (Å²) in [6.07, 6.45) is 3.55. The van der Waals surface area contributed by atoms with E-state index < -0.39 is 26.9 Å². The SMILES string of the molecule is COC(=O)CCl.Cc1cc(C)c(NS(=O)(=O)O)c(C)c1.Cc1cc(C)cc(C)c1.Cc1ccc(C)n(N)c1=N.Cc1cccn2nc(CCl)nc12.Cc1cccnc1N.O=S(=O)=O. The van der Waals surface area contributed by atoms with Crippen LogP contribution in [0, 0.1) is 74.6 Å². The van der Waals surface area contributed by atoms with Crippen LogP contribution in [0.2, 0.25) is 0 Å². The first-order valence-corrected chi connectivity index (χ1v) is 22.1. The third kappa shape index (κ3) is 23.8. The summed E-state index contributed by atoms with van der Waals surface area (Å²) >= 11 is 10.6. The van der Waals surface area contributed by atoms with E-state index in [1.165, 1.54) is 28.5 Å². The molecule has 21 heteroatoms. The van der Waals surface area contributed by atoms with E-state index in [0.717, 1.165) is 44.7 Å². The molecular formula is C42H57Cl2N9O8S2. The fraction of sp³-hybridized carbons (Fsp3) is 0.310. The molecule has 0 saturated carbocycles. The number of carbonyl (C=O) groups excluding carboxylic acids is 1. The van der Waals surface area contributed by atoms with Crippen molar-refractivity contribution in [2.45, 2.75) is 75.1 Å². The fourth-order valence-corrected chi connectivity index (χ4v) is 5.94. The number of halogens is 2. The fourth-order valence-electron chi connectivity index (χ4n) is 5.14. The number of methoxy groups -OCH3 is 1. The summed E-state index contributed by atoms with van der Waals surface area (Å²) in [5.41, 5.74) is 17.8. The van der Waals surface area contributed by atoms with Crippen molar-refractivity contribution in [3.63, 3.8) is 0 Å². The number of rotatable bonds is 4. The Kier molecular flexibility index (Phi) is 26.0. The quantitative estimate of drug-likeness (QED) is 0.0523. The lowest BCUT2D eigenvalue weighted by Gasteiger charge is -2.10. The number of nitrogens with zero attached hydrogens (tertiary/aromatic N) is 5. The van der Waals surface area contributed by atoms with E-state index in [1.54, 1.807) is 24.6 Å². The maximum Gasteiger partial charge on any atom is 0.425 e. The van der Waals surface area contributed by atoms with E-state index in [0.29, 0.717) is 28.7 Å². The number of esters is 1. The number of aromatic nitrogens is 5. The number of ether oxygens (including phenoxy) is 1. The first-order valence-electron chi connectivity index (χ1n) is 18.6. The zero-order valence-electron chi connectivity index (χ0n) is 37.2. The molecule has 0 aliphatic heterocycles. The van der Waals surface area contributed by atoms with Crippen LogP contribution in [0.5, 0.6) is 0 Å². The second-order valence-electron chi connectivity index (χ2n) is 13.6. The van der Waals surface area contributed by atoms with Crippen LogP contribution < -0.4 is 21.8 Å². The zero-order valence-corrected chi connectivity index (χ0v) is 40.3. The third-order valence-corrected chi connectivity index (χ3v) is 8.87. The Morgan fingerprint density at radius 2 is 1.30 bits per heavy atom. The number of pyridine rings is 3. The summed E-state index contributed by atoms with van der Waals surface area (Å²) < 4.78 is 64.6. The minimum Gasteiger partial charge on any atom is -0.468 e. The predicted octanol–water partition coefficient (Wildman–Crippen LogP) is 6.88. The summed E-state index contributed by atoms with van der Waals surface area (Å²) in [6, 6.07) is 21.8. The normalized spacial score (nSPS) is 9.81. The molecule has 0 amide bonds. The number of anilines is 2. The van der Waals surface area contributed by atoms with Gasteiger partial charge in [-0.3, -0.25) is 19.5 Å². The van der Waals surface area contributed by atoms with Gasteiger partial charge in [-0.1, -0.05) is 70.8 Å². The monoisotopic (exact) mass is 949 g/mol. The Balaban J connectivity index is 0.000000732. The molecule has 2 aromatic carbocycles. The van der Waals surface area contributed by atoms with Crippen LogP contribution >= 0.6 is 23.2 Å². The van der Waals surface area contributed by atoms with E-state index >= 15 is 0 Å². The number of nitrogen functional groups attached to an aromatic ring is 2. The van der Waals surface area contributed by atoms with Gasteiger partial charge in [0.25, 0.3) is 0 Å². The van der Waals surface area contributed by atoms with Gasteiger partial charge in [0.15, 0.2) is 11.5 Å². The highest BCUT2D eigenvalue weighted by atomic mass is 35.5. The van der Waals surface area contributed by atoms with Crippen molar-refractivity contribution in [3.8, 4) is 0 Å². The van der Waals surface area contributed by atoms with Gasteiger partial charge in [-0.15, -0.1) is 40.9 Å². The Morgan fingerprint density at radius 1 is 0.810 bits per heavy atom. The average molecular weight is 951 g/mol. The van der Waals surface area contributed by atoms with Gasteiger partial charge < -0.3 is 16.3 Å². The van der Waals surface area contributed by atoms with Gasteiger partial charge >= 0.3 is 26.9 Å². The van der Waals surface area contributed by atoms with Crippen LogP contribution in [0.25, 0.3) is 5.65 Å². The van der Waals surface area contributed by atoms with E-state index in [1.807, 2.05) is 89.3 Å². The van der Waals surface area contributed by atoms with Crippen LogP contribution in [0.4, 0.5) is 11.5 Å². The highest BCUT2D eigenvalue weighted by molar-refractivity contribution is 7.87. The minimum absolute atomic E-state index is 0.0590. The summed E-state index contributed by atoms with van der Waals surface area (Å²) in [5, 5.41) is 11.6. The molecule has 0 unspecified atom stereocenters. The smallest absolute Gasteiger partial charge is 0.425 e. The van der Waals surface area contributed by atoms with Gasteiger partial charge in [0, 0.05) is 18.1 Å². The molecule has 0 atom stereocenters. The first kappa shape index (κ1) is 57.1. The highest BCUT2D eigenvalue weighted by Gasteiger charge is 2.09. The maximum atomic E-state index is 10.6. The van der Waals surface area contributed by atoms with Gasteiger partial charge in [-0.25, -0.2) is 19.2 Å². The lowest BCUT2D eigenvalue weighted by Crippen LogP contribution is -2.30. The van der Waals surface area contributed by atoms with E-state index in [-0.39, 0.29) is 5.88 Å². The number of hydrogen-bond acceptors (Lipinski definition) is 13. The number of alkyl halides is 2. The molecule has 344 valence electrons. The largest absolute Gasteiger partial charge is 0.468 e. The van der Waals surface area contributed by atoms with Crippen LogP contribution in [0.15, 0.2) is 79.1 Å². The molecule has 0 bridgehead atoms. The number of nitrogens with two attached hydrogens (primary N) is 2. The summed E-state index contributed by atoms with van der Waals surface area (Å²) in [7, 11) is -6.00. The molecule has 0 aliphatic rings. The van der Waals surface area contributed by atoms with Crippen molar-refractivity contribution in [2.24, 2.45) is 0 Å². The topological polar surface area (TPSA) is 268 Å². The van der Waals surface area contributed by atoms with Crippen LogP contribution in [0.3, 0.4) is 0 Å². The van der Waals surface area contributed by atoms with Gasteiger partial charge in [-0.05, 0) is 115 Å².